The minimum Gasteiger partial charge on any atom is -0.497 e. The number of hydrogen-bond acceptors (Lipinski definition) is 6. The van der Waals surface area contributed by atoms with Gasteiger partial charge in [-0.3, -0.25) is 14.1 Å². The number of pyridine rings is 1. The summed E-state index contributed by atoms with van der Waals surface area (Å²) < 4.78 is 38.5. The van der Waals surface area contributed by atoms with Crippen molar-refractivity contribution in [1.29, 1.82) is 0 Å². The molecule has 1 aromatic heterocycles. The molecule has 0 aliphatic carbocycles. The van der Waals surface area contributed by atoms with Gasteiger partial charge in [-0.2, -0.15) is 0 Å². The number of methoxy groups -OCH3 is 2. The van der Waals surface area contributed by atoms with Crippen molar-refractivity contribution >= 4 is 21.6 Å². The molecular formula is C22H23N3O5S. The van der Waals surface area contributed by atoms with E-state index >= 15 is 0 Å². The van der Waals surface area contributed by atoms with Crippen LogP contribution in [0, 0.1) is 0 Å². The number of hydrogen-bond donors (Lipinski definition) is 1. The maximum atomic E-state index is 13.4. The Labute approximate surface area is 181 Å². The maximum absolute atomic E-state index is 13.4. The van der Waals surface area contributed by atoms with E-state index in [0.717, 1.165) is 4.31 Å². The molecule has 0 bridgehead atoms. The lowest BCUT2D eigenvalue weighted by atomic mass is 10.2. The molecule has 1 heterocycles. The highest BCUT2D eigenvalue weighted by Gasteiger charge is 2.29. The Morgan fingerprint density at radius 3 is 2.39 bits per heavy atom. The first-order valence-corrected chi connectivity index (χ1v) is 10.9. The van der Waals surface area contributed by atoms with Crippen molar-refractivity contribution in [2.75, 3.05) is 25.1 Å². The van der Waals surface area contributed by atoms with E-state index in [4.69, 9.17) is 9.47 Å². The van der Waals surface area contributed by atoms with Crippen molar-refractivity contribution in [3.63, 3.8) is 0 Å². The van der Waals surface area contributed by atoms with E-state index in [2.05, 4.69) is 10.3 Å². The Kier molecular flexibility index (Phi) is 7.09. The van der Waals surface area contributed by atoms with Crippen molar-refractivity contribution in [2.45, 2.75) is 11.4 Å². The molecule has 0 saturated carbocycles. The van der Waals surface area contributed by atoms with Gasteiger partial charge in [0.25, 0.3) is 10.0 Å². The molecule has 1 N–H and O–H groups in total. The number of nitrogens with one attached hydrogen (secondary N) is 1. The van der Waals surface area contributed by atoms with Crippen molar-refractivity contribution < 1.29 is 22.7 Å². The van der Waals surface area contributed by atoms with Crippen LogP contribution in [0.1, 0.15) is 5.69 Å². The van der Waals surface area contributed by atoms with Gasteiger partial charge in [-0.25, -0.2) is 8.42 Å². The highest BCUT2D eigenvalue weighted by atomic mass is 32.2. The van der Waals surface area contributed by atoms with Gasteiger partial charge in [0.1, 0.15) is 18.0 Å². The fourth-order valence-electron chi connectivity index (χ4n) is 2.89. The van der Waals surface area contributed by atoms with Crippen LogP contribution in [-0.4, -0.2) is 40.1 Å². The van der Waals surface area contributed by atoms with Crippen molar-refractivity contribution in [1.82, 2.24) is 10.3 Å². The van der Waals surface area contributed by atoms with E-state index in [-0.39, 0.29) is 22.9 Å². The minimum absolute atomic E-state index is 0.0531. The first kappa shape index (κ1) is 22.1. The molecule has 162 valence electrons. The molecular weight excluding hydrogens is 418 g/mol. The topological polar surface area (TPSA) is 97.8 Å². The highest BCUT2D eigenvalue weighted by molar-refractivity contribution is 7.92. The number of sulfonamides is 1. The molecule has 0 saturated heterocycles. The molecule has 9 heteroatoms. The van der Waals surface area contributed by atoms with Gasteiger partial charge in [0.05, 0.1) is 37.0 Å². The van der Waals surface area contributed by atoms with Gasteiger partial charge in [-0.15, -0.1) is 0 Å². The van der Waals surface area contributed by atoms with Gasteiger partial charge in [-0.05, 0) is 36.4 Å². The van der Waals surface area contributed by atoms with Gasteiger partial charge in [0.15, 0.2) is 0 Å². The van der Waals surface area contributed by atoms with Gasteiger partial charge in [0, 0.05) is 12.3 Å². The smallest absolute Gasteiger partial charge is 0.264 e. The van der Waals surface area contributed by atoms with Crippen LogP contribution in [0.5, 0.6) is 11.5 Å². The van der Waals surface area contributed by atoms with Crippen molar-refractivity contribution in [3.05, 3.63) is 78.6 Å². The van der Waals surface area contributed by atoms with E-state index in [0.29, 0.717) is 11.4 Å². The average molecular weight is 442 g/mol. The van der Waals surface area contributed by atoms with Gasteiger partial charge >= 0.3 is 0 Å². The molecule has 0 atom stereocenters. The van der Waals surface area contributed by atoms with Crippen LogP contribution in [0.25, 0.3) is 0 Å². The number of carbonyl (C=O) groups is 1. The first-order valence-electron chi connectivity index (χ1n) is 9.42. The standard InChI is InChI=1S/C22H23N3O5S/c1-29-18-11-12-21(30-2)20(14-18)25(31(27,28)19-9-4-3-5-10-19)16-22(26)24-15-17-8-6-7-13-23-17/h3-14H,15-16H2,1-2H3,(H,24,26). The van der Waals surface area contributed by atoms with Crippen LogP contribution in [0.2, 0.25) is 0 Å². The Hall–Kier alpha value is -3.59. The van der Waals surface area contributed by atoms with Crippen molar-refractivity contribution in [3.8, 4) is 11.5 Å². The zero-order valence-electron chi connectivity index (χ0n) is 17.2. The van der Waals surface area contributed by atoms with Gasteiger partial charge in [-0.1, -0.05) is 24.3 Å². The second-order valence-electron chi connectivity index (χ2n) is 6.46. The molecule has 1 amide bonds. The molecule has 8 nitrogen and oxygen atoms in total. The van der Waals surface area contributed by atoms with E-state index in [9.17, 15) is 13.2 Å². The largest absolute Gasteiger partial charge is 0.497 e. The average Bonchev–Trinajstić information content (AvgIpc) is 2.82. The fraction of sp³-hybridized carbons (Fsp3) is 0.182. The lowest BCUT2D eigenvalue weighted by molar-refractivity contribution is -0.119. The molecule has 0 fully saturated rings. The zero-order chi connectivity index (χ0) is 22.3. The Balaban J connectivity index is 1.96. The van der Waals surface area contributed by atoms with Crippen LogP contribution < -0.4 is 19.1 Å². The highest BCUT2D eigenvalue weighted by Crippen LogP contribution is 2.35. The summed E-state index contributed by atoms with van der Waals surface area (Å²) in [5.41, 5.74) is 0.853. The van der Waals surface area contributed by atoms with Crippen LogP contribution >= 0.6 is 0 Å². The quantitative estimate of drug-likeness (QED) is 0.548. The predicted molar refractivity (Wildman–Crippen MR) is 117 cm³/mol. The molecule has 0 radical (unpaired) electrons. The number of carbonyl (C=O) groups excluding carboxylic acids is 1. The Morgan fingerprint density at radius 1 is 1.00 bits per heavy atom. The summed E-state index contributed by atoms with van der Waals surface area (Å²) in [5.74, 6) is 0.228. The molecule has 3 rings (SSSR count). The molecule has 2 aromatic carbocycles. The summed E-state index contributed by atoms with van der Waals surface area (Å²) in [6.07, 6.45) is 1.62. The molecule has 0 aliphatic rings. The van der Waals surface area contributed by atoms with Crippen LogP contribution in [-0.2, 0) is 21.4 Å². The van der Waals surface area contributed by atoms with E-state index in [1.54, 1.807) is 48.7 Å². The summed E-state index contributed by atoms with van der Waals surface area (Å²) in [6.45, 7) is -0.276. The fourth-order valence-corrected chi connectivity index (χ4v) is 4.33. The normalized spacial score (nSPS) is 10.9. The monoisotopic (exact) mass is 441 g/mol. The van der Waals surface area contributed by atoms with Crippen LogP contribution in [0.3, 0.4) is 0 Å². The second kappa shape index (κ2) is 9.94. The molecule has 0 unspecified atom stereocenters. The molecule has 31 heavy (non-hydrogen) atoms. The SMILES string of the molecule is COc1ccc(OC)c(N(CC(=O)NCc2ccccn2)S(=O)(=O)c2ccccc2)c1. The van der Waals surface area contributed by atoms with E-state index < -0.39 is 22.5 Å². The number of nitrogens with zero attached hydrogens (tertiary/aromatic N) is 2. The lowest BCUT2D eigenvalue weighted by Gasteiger charge is -2.26. The number of amides is 1. The summed E-state index contributed by atoms with van der Waals surface area (Å²) in [5, 5.41) is 2.71. The van der Waals surface area contributed by atoms with E-state index in [1.807, 2.05) is 6.07 Å². The summed E-state index contributed by atoms with van der Waals surface area (Å²) >= 11 is 0. The minimum atomic E-state index is -4.07. The number of ether oxygens (including phenoxy) is 2. The molecule has 3 aromatic rings. The van der Waals surface area contributed by atoms with Gasteiger partial charge < -0.3 is 14.8 Å². The summed E-state index contributed by atoms with van der Waals surface area (Å²) in [4.78, 5) is 16.9. The third kappa shape index (κ3) is 5.32. The van der Waals surface area contributed by atoms with Crippen LogP contribution in [0.15, 0.2) is 77.8 Å². The Bertz CT molecular complexity index is 1120. The number of rotatable bonds is 9. The summed E-state index contributed by atoms with van der Waals surface area (Å²) in [7, 11) is -1.16. The Morgan fingerprint density at radius 2 is 1.74 bits per heavy atom. The summed E-state index contributed by atoms with van der Waals surface area (Å²) in [6, 6.07) is 18.0. The zero-order valence-corrected chi connectivity index (χ0v) is 18.0. The number of anilines is 1. The second-order valence-corrected chi connectivity index (χ2v) is 8.32. The maximum Gasteiger partial charge on any atom is 0.264 e. The number of aromatic nitrogens is 1. The van der Waals surface area contributed by atoms with E-state index in [1.165, 1.54) is 32.4 Å². The van der Waals surface area contributed by atoms with Crippen LogP contribution in [0.4, 0.5) is 5.69 Å². The third-order valence-corrected chi connectivity index (χ3v) is 6.24. The van der Waals surface area contributed by atoms with Crippen molar-refractivity contribution in [2.24, 2.45) is 0 Å². The molecule has 0 spiro atoms. The lowest BCUT2D eigenvalue weighted by Crippen LogP contribution is -2.41. The number of benzene rings is 2. The van der Waals surface area contributed by atoms with Gasteiger partial charge in [0.2, 0.25) is 5.91 Å². The molecule has 0 aliphatic heterocycles. The first-order chi connectivity index (χ1) is 15.0. The predicted octanol–water partition coefficient (Wildman–Crippen LogP) is 2.61. The third-order valence-electron chi connectivity index (χ3n) is 4.47.